The zero-order valence-corrected chi connectivity index (χ0v) is 10.9. The first-order chi connectivity index (χ1) is 8.54. The molecule has 0 aliphatic heterocycles. The normalized spacial score (nSPS) is 10.1. The summed E-state index contributed by atoms with van der Waals surface area (Å²) in [6.07, 6.45) is 0. The third-order valence-electron chi connectivity index (χ3n) is 1.99. The second-order valence-corrected chi connectivity index (χ2v) is 4.34. The van der Waals surface area contributed by atoms with Gasteiger partial charge in [0.25, 0.3) is 0 Å². The zero-order chi connectivity index (χ0) is 13.1. The third-order valence-corrected chi connectivity index (χ3v) is 2.52. The summed E-state index contributed by atoms with van der Waals surface area (Å²) >= 11 is 3.30. The Morgan fingerprint density at radius 2 is 2.00 bits per heavy atom. The molecule has 0 N–H and O–H groups in total. The Bertz CT molecular complexity index is 633. The number of aromatic nitrogens is 1. The average Bonchev–Trinajstić information content (AvgIpc) is 2.28. The molecule has 0 amide bonds. The predicted molar refractivity (Wildman–Crippen MR) is 67.2 cm³/mol. The lowest BCUT2D eigenvalue weighted by Crippen LogP contribution is -2.08. The summed E-state index contributed by atoms with van der Waals surface area (Å²) in [6.45, 7) is 1.23. The SMILES string of the molecule is CC(=O)Oc1cc(=O)oc(-c2ccc(Br)cc2)n1. The molecule has 0 aliphatic carbocycles. The van der Waals surface area contributed by atoms with Crippen molar-refractivity contribution in [3.63, 3.8) is 0 Å². The first-order valence-electron chi connectivity index (χ1n) is 5.01. The number of benzene rings is 1. The van der Waals surface area contributed by atoms with Gasteiger partial charge in [-0.1, -0.05) is 15.9 Å². The van der Waals surface area contributed by atoms with Crippen LogP contribution in [-0.2, 0) is 4.79 Å². The number of halogens is 1. The number of carbonyl (C=O) groups is 1. The van der Waals surface area contributed by atoms with Gasteiger partial charge in [-0.2, -0.15) is 4.98 Å². The zero-order valence-electron chi connectivity index (χ0n) is 9.34. The van der Waals surface area contributed by atoms with Gasteiger partial charge in [-0.05, 0) is 24.3 Å². The fraction of sp³-hybridized carbons (Fsp3) is 0.0833. The first-order valence-corrected chi connectivity index (χ1v) is 5.80. The van der Waals surface area contributed by atoms with Crippen LogP contribution in [0, 0.1) is 0 Å². The van der Waals surface area contributed by atoms with Gasteiger partial charge in [0.05, 0.1) is 6.07 Å². The van der Waals surface area contributed by atoms with E-state index in [2.05, 4.69) is 20.9 Å². The molecule has 0 radical (unpaired) electrons. The highest BCUT2D eigenvalue weighted by atomic mass is 79.9. The fourth-order valence-corrected chi connectivity index (χ4v) is 1.56. The Balaban J connectivity index is 2.44. The van der Waals surface area contributed by atoms with Gasteiger partial charge < -0.3 is 9.15 Å². The van der Waals surface area contributed by atoms with Crippen LogP contribution >= 0.6 is 15.9 Å². The largest absolute Gasteiger partial charge is 0.407 e. The lowest BCUT2D eigenvalue weighted by atomic mass is 10.2. The molecule has 0 atom stereocenters. The number of esters is 1. The molecule has 0 spiro atoms. The van der Waals surface area contributed by atoms with E-state index in [0.717, 1.165) is 10.5 Å². The molecule has 1 heterocycles. The molecule has 0 saturated carbocycles. The Morgan fingerprint density at radius 1 is 1.33 bits per heavy atom. The highest BCUT2D eigenvalue weighted by molar-refractivity contribution is 9.10. The van der Waals surface area contributed by atoms with Gasteiger partial charge in [0.1, 0.15) is 0 Å². The summed E-state index contributed by atoms with van der Waals surface area (Å²) < 4.78 is 10.6. The van der Waals surface area contributed by atoms with E-state index in [1.165, 1.54) is 6.92 Å². The van der Waals surface area contributed by atoms with Gasteiger partial charge in [-0.3, -0.25) is 4.79 Å². The number of carbonyl (C=O) groups excluding carboxylic acids is 1. The summed E-state index contributed by atoms with van der Waals surface area (Å²) in [5, 5.41) is 0. The van der Waals surface area contributed by atoms with E-state index in [9.17, 15) is 9.59 Å². The van der Waals surface area contributed by atoms with Gasteiger partial charge in [0.15, 0.2) is 0 Å². The van der Waals surface area contributed by atoms with Gasteiger partial charge in [0.2, 0.25) is 11.8 Å². The summed E-state index contributed by atoms with van der Waals surface area (Å²) in [5.74, 6) is -0.516. The molecular weight excluding hydrogens is 302 g/mol. The summed E-state index contributed by atoms with van der Waals surface area (Å²) in [7, 11) is 0. The van der Waals surface area contributed by atoms with Crippen molar-refractivity contribution in [1.82, 2.24) is 4.98 Å². The average molecular weight is 310 g/mol. The highest BCUT2D eigenvalue weighted by Gasteiger charge is 2.08. The molecule has 0 fully saturated rings. The van der Waals surface area contributed by atoms with E-state index >= 15 is 0 Å². The third kappa shape index (κ3) is 3.04. The van der Waals surface area contributed by atoms with E-state index in [1.54, 1.807) is 24.3 Å². The van der Waals surface area contributed by atoms with E-state index < -0.39 is 11.6 Å². The van der Waals surface area contributed by atoms with Crippen LogP contribution in [0.1, 0.15) is 6.92 Å². The number of hydrogen-bond acceptors (Lipinski definition) is 5. The van der Waals surface area contributed by atoms with Crippen LogP contribution in [0.15, 0.2) is 44.0 Å². The maximum atomic E-state index is 11.3. The summed E-state index contributed by atoms with van der Waals surface area (Å²) in [6, 6.07) is 8.05. The van der Waals surface area contributed by atoms with Gasteiger partial charge in [-0.25, -0.2) is 4.79 Å². The van der Waals surface area contributed by atoms with Crippen molar-refractivity contribution in [2.24, 2.45) is 0 Å². The second-order valence-electron chi connectivity index (χ2n) is 3.42. The van der Waals surface area contributed by atoms with Crippen molar-refractivity contribution in [3.8, 4) is 17.3 Å². The van der Waals surface area contributed by atoms with E-state index in [4.69, 9.17) is 9.15 Å². The molecule has 0 bridgehead atoms. The van der Waals surface area contributed by atoms with Crippen LogP contribution in [0.25, 0.3) is 11.5 Å². The highest BCUT2D eigenvalue weighted by Crippen LogP contribution is 2.20. The van der Waals surface area contributed by atoms with Crippen molar-refractivity contribution in [2.45, 2.75) is 6.92 Å². The van der Waals surface area contributed by atoms with Gasteiger partial charge in [-0.15, -0.1) is 0 Å². The molecule has 6 heteroatoms. The number of rotatable bonds is 2. The van der Waals surface area contributed by atoms with Crippen LogP contribution in [-0.4, -0.2) is 11.0 Å². The Hall–Kier alpha value is -1.95. The smallest absolute Gasteiger partial charge is 0.343 e. The minimum absolute atomic E-state index is 0.0725. The molecular formula is C12H8BrNO4. The monoisotopic (exact) mass is 309 g/mol. The van der Waals surface area contributed by atoms with E-state index in [0.29, 0.717) is 5.56 Å². The molecule has 2 rings (SSSR count). The lowest BCUT2D eigenvalue weighted by molar-refractivity contribution is -0.132. The maximum absolute atomic E-state index is 11.3. The van der Waals surface area contributed by atoms with E-state index in [-0.39, 0.29) is 11.8 Å². The standard InChI is InChI=1S/C12H8BrNO4/c1-7(15)17-10-6-11(16)18-12(14-10)8-2-4-9(13)5-3-8/h2-6H,1H3. The number of nitrogens with zero attached hydrogens (tertiary/aromatic N) is 1. The fourth-order valence-electron chi connectivity index (χ4n) is 1.30. The van der Waals surface area contributed by atoms with Crippen LogP contribution in [0.2, 0.25) is 0 Å². The van der Waals surface area contributed by atoms with Gasteiger partial charge >= 0.3 is 11.6 Å². The van der Waals surface area contributed by atoms with Gasteiger partial charge in [0, 0.05) is 17.0 Å². The maximum Gasteiger partial charge on any atom is 0.343 e. The minimum Gasteiger partial charge on any atom is -0.407 e. The molecule has 0 saturated heterocycles. The van der Waals surface area contributed by atoms with Crippen LogP contribution in [0.3, 0.4) is 0 Å². The molecule has 0 aliphatic rings. The van der Waals surface area contributed by atoms with Crippen molar-refractivity contribution in [1.29, 1.82) is 0 Å². The predicted octanol–water partition coefficient (Wildman–Crippen LogP) is 2.39. The molecule has 2 aromatic rings. The quantitative estimate of drug-likeness (QED) is 0.797. The van der Waals surface area contributed by atoms with E-state index in [1.807, 2.05) is 0 Å². The topological polar surface area (TPSA) is 69.4 Å². The molecule has 5 nitrogen and oxygen atoms in total. The van der Waals surface area contributed by atoms with Crippen molar-refractivity contribution < 1.29 is 13.9 Å². The number of hydrogen-bond donors (Lipinski definition) is 0. The minimum atomic E-state index is -0.626. The summed E-state index contributed by atoms with van der Waals surface area (Å²) in [4.78, 5) is 26.1. The molecule has 18 heavy (non-hydrogen) atoms. The first kappa shape index (κ1) is 12.5. The molecule has 1 aromatic heterocycles. The molecule has 0 unspecified atom stereocenters. The summed E-state index contributed by atoms with van der Waals surface area (Å²) in [5.41, 5.74) is -0.0107. The lowest BCUT2D eigenvalue weighted by Gasteiger charge is -2.02. The van der Waals surface area contributed by atoms with Crippen molar-refractivity contribution >= 4 is 21.9 Å². The van der Waals surface area contributed by atoms with Crippen molar-refractivity contribution in [2.75, 3.05) is 0 Å². The van der Waals surface area contributed by atoms with Crippen molar-refractivity contribution in [3.05, 3.63) is 45.2 Å². The Labute approximate surface area is 111 Å². The van der Waals surface area contributed by atoms with Crippen LogP contribution in [0.4, 0.5) is 0 Å². The number of ether oxygens (including phenoxy) is 1. The molecule has 1 aromatic carbocycles. The molecule has 92 valence electrons. The Morgan fingerprint density at radius 3 is 2.61 bits per heavy atom. The second kappa shape index (κ2) is 5.14. The van der Waals surface area contributed by atoms with Crippen LogP contribution < -0.4 is 10.4 Å². The van der Waals surface area contributed by atoms with Crippen LogP contribution in [0.5, 0.6) is 5.88 Å². The Kier molecular flexibility index (Phi) is 3.57.